The lowest BCUT2D eigenvalue weighted by molar-refractivity contribution is 0.617. The number of anilines is 1. The van der Waals surface area contributed by atoms with Gasteiger partial charge in [0.25, 0.3) is 0 Å². The monoisotopic (exact) mass is 272 g/mol. The Balaban J connectivity index is 2.27. The van der Waals surface area contributed by atoms with Crippen LogP contribution in [0.5, 0.6) is 0 Å². The first-order valence-electron chi connectivity index (χ1n) is 7.86. The third kappa shape index (κ3) is 5.65. The highest BCUT2D eigenvalue weighted by Gasteiger charge is 2.18. The van der Waals surface area contributed by atoms with Crippen molar-refractivity contribution in [3.63, 3.8) is 0 Å². The van der Waals surface area contributed by atoms with Gasteiger partial charge in [0.1, 0.15) is 0 Å². The van der Waals surface area contributed by atoms with Crippen LogP contribution in [0.15, 0.2) is 24.3 Å². The molecule has 0 unspecified atom stereocenters. The molecule has 0 saturated carbocycles. The van der Waals surface area contributed by atoms with Gasteiger partial charge >= 0.3 is 0 Å². The number of rotatable bonds is 9. The van der Waals surface area contributed by atoms with Gasteiger partial charge in [-0.1, -0.05) is 51.2 Å². The number of nitriles is 1. The van der Waals surface area contributed by atoms with E-state index in [-0.39, 0.29) is 0 Å². The average molecular weight is 272 g/mol. The fourth-order valence-corrected chi connectivity index (χ4v) is 2.21. The summed E-state index contributed by atoms with van der Waals surface area (Å²) in [7, 11) is 0. The third-order valence-electron chi connectivity index (χ3n) is 3.75. The fraction of sp³-hybridized carbons (Fsp3) is 0.611. The standard InChI is InChI=1S/C18H28N2/c1-4-5-6-7-8-9-14-20-17-12-10-16(11-13-17)18(2,3)15-19/h10-13,20H,4-9,14H2,1-3H3. The summed E-state index contributed by atoms with van der Waals surface area (Å²) in [5.41, 5.74) is 1.82. The topological polar surface area (TPSA) is 35.8 Å². The summed E-state index contributed by atoms with van der Waals surface area (Å²) in [6, 6.07) is 10.6. The maximum Gasteiger partial charge on any atom is 0.0766 e. The molecule has 110 valence electrons. The van der Waals surface area contributed by atoms with E-state index in [1.54, 1.807) is 0 Å². The number of unbranched alkanes of at least 4 members (excludes halogenated alkanes) is 5. The Kier molecular flexibility index (Phi) is 7.15. The number of hydrogen-bond acceptors (Lipinski definition) is 2. The van der Waals surface area contributed by atoms with Gasteiger partial charge in [-0.05, 0) is 38.0 Å². The zero-order chi connectivity index (χ0) is 14.8. The van der Waals surface area contributed by atoms with Gasteiger partial charge in [-0.15, -0.1) is 0 Å². The molecular weight excluding hydrogens is 244 g/mol. The molecule has 1 aromatic rings. The SMILES string of the molecule is CCCCCCCCNc1ccc(C(C)(C)C#N)cc1. The minimum atomic E-state index is -0.405. The first kappa shape index (κ1) is 16.6. The number of benzene rings is 1. The van der Waals surface area contributed by atoms with E-state index in [4.69, 9.17) is 5.26 Å². The number of hydrogen-bond donors (Lipinski definition) is 1. The van der Waals surface area contributed by atoms with Crippen molar-refractivity contribution in [3.05, 3.63) is 29.8 Å². The van der Waals surface area contributed by atoms with Gasteiger partial charge in [-0.2, -0.15) is 5.26 Å². The van der Waals surface area contributed by atoms with Crippen molar-refractivity contribution in [1.82, 2.24) is 0 Å². The first-order valence-corrected chi connectivity index (χ1v) is 7.86. The summed E-state index contributed by atoms with van der Waals surface area (Å²) in [6.45, 7) is 7.18. The maximum atomic E-state index is 9.11. The average Bonchev–Trinajstić information content (AvgIpc) is 2.47. The van der Waals surface area contributed by atoms with E-state index in [9.17, 15) is 0 Å². The van der Waals surface area contributed by atoms with E-state index >= 15 is 0 Å². The Morgan fingerprint density at radius 2 is 1.60 bits per heavy atom. The molecule has 0 heterocycles. The Morgan fingerprint density at radius 1 is 1.00 bits per heavy atom. The predicted octanol–water partition coefficient (Wildman–Crippen LogP) is 5.26. The summed E-state index contributed by atoms with van der Waals surface area (Å²) in [5.74, 6) is 0. The molecule has 0 atom stereocenters. The molecular formula is C18H28N2. The summed E-state index contributed by atoms with van der Waals surface area (Å²) in [5, 5.41) is 12.6. The first-order chi connectivity index (χ1) is 9.60. The summed E-state index contributed by atoms with van der Waals surface area (Å²) >= 11 is 0. The van der Waals surface area contributed by atoms with Crippen molar-refractivity contribution in [2.75, 3.05) is 11.9 Å². The van der Waals surface area contributed by atoms with Crippen molar-refractivity contribution in [2.24, 2.45) is 0 Å². The van der Waals surface area contributed by atoms with Crippen LogP contribution in [0.1, 0.15) is 64.9 Å². The minimum Gasteiger partial charge on any atom is -0.385 e. The Labute approximate surface area is 124 Å². The molecule has 1 N–H and O–H groups in total. The van der Waals surface area contributed by atoms with E-state index in [0.717, 1.165) is 17.8 Å². The van der Waals surface area contributed by atoms with Gasteiger partial charge in [0, 0.05) is 12.2 Å². The zero-order valence-electron chi connectivity index (χ0n) is 13.2. The van der Waals surface area contributed by atoms with Crippen LogP contribution in [0.3, 0.4) is 0 Å². The molecule has 2 nitrogen and oxygen atoms in total. The van der Waals surface area contributed by atoms with Crippen molar-refractivity contribution >= 4 is 5.69 Å². The van der Waals surface area contributed by atoms with Crippen molar-refractivity contribution in [1.29, 1.82) is 5.26 Å². The van der Waals surface area contributed by atoms with Gasteiger partial charge < -0.3 is 5.32 Å². The van der Waals surface area contributed by atoms with Crippen molar-refractivity contribution in [2.45, 2.75) is 64.7 Å². The lowest BCUT2D eigenvalue weighted by Gasteiger charge is -2.16. The summed E-state index contributed by atoms with van der Waals surface area (Å²) in [4.78, 5) is 0. The molecule has 20 heavy (non-hydrogen) atoms. The lowest BCUT2D eigenvalue weighted by atomic mass is 9.86. The van der Waals surface area contributed by atoms with E-state index in [0.29, 0.717) is 0 Å². The summed E-state index contributed by atoms with van der Waals surface area (Å²) in [6.07, 6.45) is 7.94. The quantitative estimate of drug-likeness (QED) is 0.622. The van der Waals surface area contributed by atoms with Crippen LogP contribution in [0.25, 0.3) is 0 Å². The van der Waals surface area contributed by atoms with Crippen LogP contribution >= 0.6 is 0 Å². The molecule has 0 aliphatic heterocycles. The molecule has 0 spiro atoms. The van der Waals surface area contributed by atoms with Crippen LogP contribution < -0.4 is 5.32 Å². The highest BCUT2D eigenvalue weighted by Crippen LogP contribution is 2.23. The van der Waals surface area contributed by atoms with Gasteiger partial charge in [-0.3, -0.25) is 0 Å². The van der Waals surface area contributed by atoms with Gasteiger partial charge in [0.15, 0.2) is 0 Å². The van der Waals surface area contributed by atoms with Gasteiger partial charge in [-0.25, -0.2) is 0 Å². The molecule has 0 aromatic heterocycles. The molecule has 1 aromatic carbocycles. The second kappa shape index (κ2) is 8.64. The largest absolute Gasteiger partial charge is 0.385 e. The Morgan fingerprint density at radius 3 is 2.20 bits per heavy atom. The van der Waals surface area contributed by atoms with E-state index < -0.39 is 5.41 Å². The molecule has 1 rings (SSSR count). The van der Waals surface area contributed by atoms with Crippen LogP contribution in [-0.4, -0.2) is 6.54 Å². The zero-order valence-corrected chi connectivity index (χ0v) is 13.2. The van der Waals surface area contributed by atoms with Crippen LogP contribution in [0, 0.1) is 11.3 Å². The fourth-order valence-electron chi connectivity index (χ4n) is 2.21. The van der Waals surface area contributed by atoms with Crippen LogP contribution in [0.2, 0.25) is 0 Å². The van der Waals surface area contributed by atoms with E-state index in [1.807, 2.05) is 26.0 Å². The van der Waals surface area contributed by atoms with Gasteiger partial charge in [0.2, 0.25) is 0 Å². The molecule has 0 saturated heterocycles. The smallest absolute Gasteiger partial charge is 0.0766 e. The Bertz CT molecular complexity index is 412. The molecule has 2 heteroatoms. The predicted molar refractivity (Wildman–Crippen MR) is 86.9 cm³/mol. The normalized spacial score (nSPS) is 11.1. The van der Waals surface area contributed by atoms with Gasteiger partial charge in [0.05, 0.1) is 11.5 Å². The second-order valence-electron chi connectivity index (χ2n) is 6.01. The molecule has 0 bridgehead atoms. The minimum absolute atomic E-state index is 0.405. The molecule has 0 radical (unpaired) electrons. The number of nitrogens with zero attached hydrogens (tertiary/aromatic N) is 1. The highest BCUT2D eigenvalue weighted by atomic mass is 14.9. The summed E-state index contributed by atoms with van der Waals surface area (Å²) < 4.78 is 0. The Hall–Kier alpha value is -1.49. The maximum absolute atomic E-state index is 9.11. The van der Waals surface area contributed by atoms with E-state index in [1.165, 1.54) is 38.5 Å². The van der Waals surface area contributed by atoms with Crippen LogP contribution in [-0.2, 0) is 5.41 Å². The number of nitrogens with one attached hydrogen (secondary N) is 1. The van der Waals surface area contributed by atoms with Crippen molar-refractivity contribution < 1.29 is 0 Å². The van der Waals surface area contributed by atoms with E-state index in [2.05, 4.69) is 30.4 Å². The van der Waals surface area contributed by atoms with Crippen LogP contribution in [0.4, 0.5) is 5.69 Å². The lowest BCUT2D eigenvalue weighted by Crippen LogP contribution is -2.13. The molecule has 0 aliphatic rings. The van der Waals surface area contributed by atoms with Crippen molar-refractivity contribution in [3.8, 4) is 6.07 Å². The molecule has 0 amide bonds. The molecule has 0 fully saturated rings. The second-order valence-corrected chi connectivity index (χ2v) is 6.01. The molecule has 0 aliphatic carbocycles. The highest BCUT2D eigenvalue weighted by molar-refractivity contribution is 5.46. The third-order valence-corrected chi connectivity index (χ3v) is 3.75.